The molecule has 0 aliphatic carbocycles. The van der Waals surface area contributed by atoms with Crippen molar-refractivity contribution in [2.24, 2.45) is 0 Å². The van der Waals surface area contributed by atoms with Gasteiger partial charge in [-0.15, -0.1) is 0 Å². The lowest BCUT2D eigenvalue weighted by Crippen LogP contribution is -2.37. The summed E-state index contributed by atoms with van der Waals surface area (Å²) in [7, 11) is 0. The summed E-state index contributed by atoms with van der Waals surface area (Å²) in [5.41, 5.74) is 3.16. The van der Waals surface area contributed by atoms with E-state index in [2.05, 4.69) is 14.9 Å². The molecule has 9 heteroatoms. The highest BCUT2D eigenvalue weighted by atomic mass is 35.5. The molecule has 2 N–H and O–H groups in total. The molecule has 31 heavy (non-hydrogen) atoms. The number of aryl methyl sites for hydroxylation is 1. The first-order valence-corrected chi connectivity index (χ1v) is 11.3. The molecular weight excluding hydrogens is 437 g/mol. The van der Waals surface area contributed by atoms with E-state index in [4.69, 9.17) is 23.2 Å². The highest BCUT2D eigenvalue weighted by Gasteiger charge is 2.23. The lowest BCUT2D eigenvalue weighted by atomic mass is 10.0. The maximum atomic E-state index is 12.5. The van der Waals surface area contributed by atoms with Gasteiger partial charge in [0.2, 0.25) is 0 Å². The van der Waals surface area contributed by atoms with Crippen LogP contribution in [0.5, 0.6) is 0 Å². The molecular formula is C22H23Cl2N5O2. The fraction of sp³-hybridized carbons (Fsp3) is 0.364. The van der Waals surface area contributed by atoms with Crippen LogP contribution in [0.4, 0.5) is 0 Å². The molecule has 1 fully saturated rings. The first kappa shape index (κ1) is 20.4. The van der Waals surface area contributed by atoms with E-state index in [1.165, 1.54) is 0 Å². The zero-order valence-electron chi connectivity index (χ0n) is 16.9. The van der Waals surface area contributed by atoms with Crippen molar-refractivity contribution in [2.75, 3.05) is 19.6 Å². The fourth-order valence-electron chi connectivity index (χ4n) is 4.67. The van der Waals surface area contributed by atoms with E-state index >= 15 is 0 Å². The molecule has 0 bridgehead atoms. The average Bonchev–Trinajstić information content (AvgIpc) is 3.23. The third-order valence-electron chi connectivity index (χ3n) is 6.19. The topological polar surface area (TPSA) is 78.8 Å². The van der Waals surface area contributed by atoms with Crippen molar-refractivity contribution < 1.29 is 0 Å². The van der Waals surface area contributed by atoms with Gasteiger partial charge in [-0.25, -0.2) is 9.59 Å². The number of piperidine rings is 1. The quantitative estimate of drug-likeness (QED) is 0.473. The van der Waals surface area contributed by atoms with Crippen LogP contribution in [0.3, 0.4) is 0 Å². The first-order chi connectivity index (χ1) is 15.0. The van der Waals surface area contributed by atoms with Crippen molar-refractivity contribution in [1.82, 2.24) is 24.0 Å². The highest BCUT2D eigenvalue weighted by Crippen LogP contribution is 2.26. The molecule has 7 nitrogen and oxygen atoms in total. The smallest absolute Gasteiger partial charge is 0.306 e. The van der Waals surface area contributed by atoms with Crippen molar-refractivity contribution in [1.29, 1.82) is 0 Å². The van der Waals surface area contributed by atoms with E-state index in [-0.39, 0.29) is 17.4 Å². The average molecular weight is 460 g/mol. The van der Waals surface area contributed by atoms with E-state index in [0.29, 0.717) is 16.6 Å². The molecule has 1 aliphatic heterocycles. The van der Waals surface area contributed by atoms with Crippen LogP contribution in [0.15, 0.2) is 46.0 Å². The number of rotatable bonds is 5. The van der Waals surface area contributed by atoms with E-state index in [9.17, 15) is 9.59 Å². The number of hydrogen-bond donors (Lipinski definition) is 2. The molecule has 1 aliphatic rings. The number of hydrogen-bond acceptors (Lipinski definition) is 3. The molecule has 0 atom stereocenters. The van der Waals surface area contributed by atoms with Gasteiger partial charge in [-0.2, -0.15) is 0 Å². The summed E-state index contributed by atoms with van der Waals surface area (Å²) < 4.78 is 3.63. The molecule has 0 radical (unpaired) electrons. The number of H-pyrrole nitrogens is 2. The number of aromatic amines is 2. The van der Waals surface area contributed by atoms with Gasteiger partial charge in [-0.3, -0.25) is 9.13 Å². The fourth-order valence-corrected chi connectivity index (χ4v) is 5.01. The van der Waals surface area contributed by atoms with Crippen LogP contribution in [0.2, 0.25) is 10.0 Å². The second kappa shape index (κ2) is 8.22. The SMILES string of the molecule is O=c1[nH]c2ccc(Cl)cc2n1CCCN1CCC(n2c(=O)[nH]c3cc(Cl)ccc32)CC1. The van der Waals surface area contributed by atoms with Gasteiger partial charge in [0.15, 0.2) is 0 Å². The Bertz CT molecular complexity index is 1360. The molecule has 0 unspecified atom stereocenters. The van der Waals surface area contributed by atoms with Crippen LogP contribution in [-0.4, -0.2) is 43.6 Å². The number of aromatic nitrogens is 4. The predicted molar refractivity (Wildman–Crippen MR) is 124 cm³/mol. The molecule has 0 amide bonds. The van der Waals surface area contributed by atoms with Crippen LogP contribution >= 0.6 is 23.2 Å². The molecule has 0 spiro atoms. The van der Waals surface area contributed by atoms with Crippen molar-refractivity contribution in [3.8, 4) is 0 Å². The largest absolute Gasteiger partial charge is 0.326 e. The van der Waals surface area contributed by atoms with Crippen LogP contribution in [0.1, 0.15) is 25.3 Å². The van der Waals surface area contributed by atoms with E-state index in [1.54, 1.807) is 16.7 Å². The van der Waals surface area contributed by atoms with Crippen LogP contribution in [0.25, 0.3) is 22.1 Å². The molecule has 4 aromatic rings. The number of nitrogens with zero attached hydrogens (tertiary/aromatic N) is 3. The Morgan fingerprint density at radius 2 is 1.55 bits per heavy atom. The molecule has 5 rings (SSSR count). The van der Waals surface area contributed by atoms with E-state index in [0.717, 1.165) is 61.0 Å². The number of halogens is 2. The van der Waals surface area contributed by atoms with Gasteiger partial charge in [0, 0.05) is 35.7 Å². The summed E-state index contributed by atoms with van der Waals surface area (Å²) in [4.78, 5) is 33.0. The highest BCUT2D eigenvalue weighted by molar-refractivity contribution is 6.31. The van der Waals surface area contributed by atoms with Gasteiger partial charge in [-0.1, -0.05) is 23.2 Å². The first-order valence-electron chi connectivity index (χ1n) is 10.5. The van der Waals surface area contributed by atoms with Gasteiger partial charge in [-0.05, 0) is 62.2 Å². The standard InChI is InChI=1S/C22H23Cl2N5O2/c23-14-3-5-19-18(12-14)26-22(31)29(19)16-6-10-27(11-7-16)8-1-9-28-20-13-15(24)2-4-17(20)25-21(28)30/h2-5,12-13,16H,1,6-11H2,(H,25,30)(H,26,31). The molecule has 0 saturated carbocycles. The Morgan fingerprint density at radius 3 is 2.35 bits per heavy atom. The normalized spacial score (nSPS) is 15.9. The number of fused-ring (bicyclic) bond motifs is 2. The zero-order chi connectivity index (χ0) is 21.5. The number of benzene rings is 2. The second-order valence-electron chi connectivity index (χ2n) is 8.13. The summed E-state index contributed by atoms with van der Waals surface area (Å²) in [6.07, 6.45) is 2.70. The van der Waals surface area contributed by atoms with Gasteiger partial charge >= 0.3 is 11.4 Å². The van der Waals surface area contributed by atoms with Crippen molar-refractivity contribution in [3.05, 3.63) is 67.4 Å². The summed E-state index contributed by atoms with van der Waals surface area (Å²) >= 11 is 12.1. The van der Waals surface area contributed by atoms with Crippen LogP contribution in [0, 0.1) is 0 Å². The third kappa shape index (κ3) is 3.93. The van der Waals surface area contributed by atoms with E-state index < -0.39 is 0 Å². The van der Waals surface area contributed by atoms with Crippen molar-refractivity contribution >= 4 is 45.3 Å². The van der Waals surface area contributed by atoms with Crippen LogP contribution < -0.4 is 11.4 Å². The van der Waals surface area contributed by atoms with Crippen molar-refractivity contribution in [3.63, 3.8) is 0 Å². The Kier molecular flexibility index (Phi) is 5.42. The third-order valence-corrected chi connectivity index (χ3v) is 6.66. The van der Waals surface area contributed by atoms with Gasteiger partial charge in [0.25, 0.3) is 0 Å². The number of likely N-dealkylation sites (tertiary alicyclic amines) is 1. The number of imidazole rings is 2. The maximum absolute atomic E-state index is 12.5. The minimum absolute atomic E-state index is 0.0758. The van der Waals surface area contributed by atoms with Gasteiger partial charge < -0.3 is 14.9 Å². The summed E-state index contributed by atoms with van der Waals surface area (Å²) in [5.74, 6) is 0. The van der Waals surface area contributed by atoms with Gasteiger partial charge in [0.05, 0.1) is 22.1 Å². The molecule has 1 saturated heterocycles. The Balaban J connectivity index is 1.21. The molecule has 3 heterocycles. The number of nitrogens with one attached hydrogen (secondary N) is 2. The molecule has 2 aromatic heterocycles. The minimum Gasteiger partial charge on any atom is -0.306 e. The molecule has 162 valence electrons. The monoisotopic (exact) mass is 459 g/mol. The minimum atomic E-state index is -0.102. The van der Waals surface area contributed by atoms with Crippen LogP contribution in [-0.2, 0) is 6.54 Å². The Labute approximate surface area is 188 Å². The summed E-state index contributed by atoms with van der Waals surface area (Å²) in [5, 5.41) is 1.24. The summed E-state index contributed by atoms with van der Waals surface area (Å²) in [6.45, 7) is 3.39. The van der Waals surface area contributed by atoms with Gasteiger partial charge in [0.1, 0.15) is 0 Å². The Hall–Kier alpha value is -2.48. The van der Waals surface area contributed by atoms with E-state index in [1.807, 2.05) is 28.8 Å². The van der Waals surface area contributed by atoms with Crippen molar-refractivity contribution in [2.45, 2.75) is 31.8 Å². The summed E-state index contributed by atoms with van der Waals surface area (Å²) in [6, 6.07) is 11.1. The predicted octanol–water partition coefficient (Wildman–Crippen LogP) is 4.01. The molecule has 2 aromatic carbocycles. The zero-order valence-corrected chi connectivity index (χ0v) is 18.4. The Morgan fingerprint density at radius 1 is 0.839 bits per heavy atom. The lowest BCUT2D eigenvalue weighted by Gasteiger charge is -2.32. The second-order valence-corrected chi connectivity index (χ2v) is 9.00. The lowest BCUT2D eigenvalue weighted by molar-refractivity contribution is 0.183. The maximum Gasteiger partial charge on any atom is 0.326 e.